The van der Waals surface area contributed by atoms with Crippen molar-refractivity contribution in [3.63, 3.8) is 0 Å². The predicted octanol–water partition coefficient (Wildman–Crippen LogP) is 14.6. The highest BCUT2D eigenvalue weighted by Gasteiger charge is 2.37. The Morgan fingerprint density at radius 1 is 0.418 bits per heavy atom. The number of halogens is 10. The third-order valence-corrected chi connectivity index (χ3v) is 11.9. The van der Waals surface area contributed by atoms with Crippen molar-refractivity contribution in [1.29, 1.82) is 0 Å². The third kappa shape index (κ3) is 21.0. The first-order valence-electron chi connectivity index (χ1n) is 24.7. The van der Waals surface area contributed by atoms with Gasteiger partial charge < -0.3 is 39.9 Å². The van der Waals surface area contributed by atoms with E-state index in [-0.39, 0.29) is 88.0 Å². The second-order valence-corrected chi connectivity index (χ2v) is 18.5. The molecule has 79 heavy (non-hydrogen) atoms. The topological polar surface area (TPSA) is 142 Å². The van der Waals surface area contributed by atoms with E-state index in [1.54, 1.807) is 48.5 Å². The number of anilines is 2. The van der Waals surface area contributed by atoms with Crippen LogP contribution in [-0.2, 0) is 44.1 Å². The van der Waals surface area contributed by atoms with Crippen LogP contribution in [0.2, 0.25) is 0 Å². The highest BCUT2D eigenvalue weighted by Crippen LogP contribution is 2.36. The molecule has 0 unspecified atom stereocenters. The number of rotatable bonds is 28. The van der Waals surface area contributed by atoms with Crippen LogP contribution < -0.4 is 30.4 Å². The van der Waals surface area contributed by atoms with Gasteiger partial charge in [0, 0.05) is 41.8 Å². The maximum atomic E-state index is 15.2. The highest BCUT2D eigenvalue weighted by atomic mass is 19.4. The fraction of sp³-hybridized carbons (Fsp3) is 0.288. The minimum atomic E-state index is -4.26. The minimum Gasteiger partial charge on any atom is -0.494 e. The summed E-state index contributed by atoms with van der Waals surface area (Å²) < 4.78 is 167. The van der Waals surface area contributed by atoms with Gasteiger partial charge in [-0.05, 0) is 170 Å². The fourth-order valence-electron chi connectivity index (χ4n) is 7.75. The van der Waals surface area contributed by atoms with Crippen LogP contribution >= 0.6 is 0 Å². The van der Waals surface area contributed by atoms with Gasteiger partial charge in [0.25, 0.3) is 0 Å². The molecule has 6 aromatic carbocycles. The molecule has 0 saturated heterocycles. The predicted molar refractivity (Wildman–Crippen MR) is 277 cm³/mol. The number of ether oxygens (including phenoxy) is 6. The molecule has 0 saturated carbocycles. The zero-order valence-corrected chi connectivity index (χ0v) is 42.4. The molecule has 0 aliphatic rings. The molecule has 6 aromatic rings. The standard InChI is InChI=1S/C59H56F10N2O8/c60-56(61,62)33-1-3-35-74-49-23-27-51(28-24-49)78-58(66,67)45-15-5-41(6-16-45)13-31-53(72)76-39-55(37-43-9-19-47(70)20-10-43,38-44-11-21-48(71)22-12-44)40-77-54(73)32-14-42-7-17-46(18-8-42)59(68,69)79-52-29-25-50(26-30-52)75-36-4-2-34-57(63,64)65/h5-32H,1-4,33-40,70-71H2/b31-13+,32-14+. The van der Waals surface area contributed by atoms with Crippen molar-refractivity contribution in [3.05, 3.63) is 191 Å². The smallest absolute Gasteiger partial charge is 0.426 e. The SMILES string of the molecule is Nc1ccc(CC(COC(=O)/C=C/c2ccc(C(F)(F)Oc3ccc(OCCCCC(F)(F)F)cc3)cc2)(COC(=O)/C=C/c2ccc(C(F)(F)Oc3ccc(OCCCCC(F)(F)F)cc3)cc2)Cc2ccc(N)cc2)cc1. The molecule has 4 N–H and O–H groups in total. The van der Waals surface area contributed by atoms with Crippen LogP contribution in [0.25, 0.3) is 12.2 Å². The number of hydrogen-bond acceptors (Lipinski definition) is 10. The average molecular weight is 1110 g/mol. The summed E-state index contributed by atoms with van der Waals surface area (Å²) in [5, 5.41) is 0. The summed E-state index contributed by atoms with van der Waals surface area (Å²) >= 11 is 0. The molecule has 0 aliphatic carbocycles. The molecule has 6 rings (SSSR count). The molecule has 0 spiro atoms. The molecule has 420 valence electrons. The first-order chi connectivity index (χ1) is 37.4. The summed E-state index contributed by atoms with van der Waals surface area (Å²) in [5.74, 6) is -1.47. The fourth-order valence-corrected chi connectivity index (χ4v) is 7.75. The molecule has 0 heterocycles. The van der Waals surface area contributed by atoms with Gasteiger partial charge in [0.2, 0.25) is 0 Å². The number of esters is 2. The molecule has 0 atom stereocenters. The normalized spacial score (nSPS) is 12.4. The van der Waals surface area contributed by atoms with Crippen LogP contribution in [0, 0.1) is 5.41 Å². The van der Waals surface area contributed by atoms with Gasteiger partial charge in [-0.25, -0.2) is 9.59 Å². The molecule has 0 fully saturated rings. The van der Waals surface area contributed by atoms with Crippen LogP contribution in [0.4, 0.5) is 55.3 Å². The van der Waals surface area contributed by atoms with Gasteiger partial charge in [-0.2, -0.15) is 43.9 Å². The summed E-state index contributed by atoms with van der Waals surface area (Å²) in [6.45, 7) is -0.548. The summed E-state index contributed by atoms with van der Waals surface area (Å²) in [6, 6.07) is 34.1. The van der Waals surface area contributed by atoms with Crippen molar-refractivity contribution < 1.29 is 81.9 Å². The van der Waals surface area contributed by atoms with Crippen molar-refractivity contribution in [3.8, 4) is 23.0 Å². The number of alkyl halides is 10. The van der Waals surface area contributed by atoms with Gasteiger partial charge in [0.05, 0.1) is 24.3 Å². The second-order valence-electron chi connectivity index (χ2n) is 18.5. The monoisotopic (exact) mass is 1110 g/mol. The number of unbranched alkanes of at least 4 members (excludes halogenated alkanes) is 2. The third-order valence-electron chi connectivity index (χ3n) is 11.9. The van der Waals surface area contributed by atoms with Crippen LogP contribution in [0.5, 0.6) is 23.0 Å². The van der Waals surface area contributed by atoms with Gasteiger partial charge in [-0.3, -0.25) is 0 Å². The molecule has 0 aliphatic heterocycles. The van der Waals surface area contributed by atoms with E-state index in [9.17, 15) is 35.9 Å². The zero-order chi connectivity index (χ0) is 57.1. The molecule has 0 amide bonds. The molecule has 0 radical (unpaired) electrons. The van der Waals surface area contributed by atoms with Gasteiger partial charge in [-0.15, -0.1) is 0 Å². The van der Waals surface area contributed by atoms with E-state index in [1.807, 2.05) is 0 Å². The van der Waals surface area contributed by atoms with Gasteiger partial charge in [0.15, 0.2) is 0 Å². The Hall–Kier alpha value is -8.16. The van der Waals surface area contributed by atoms with Gasteiger partial charge in [0.1, 0.15) is 36.2 Å². The van der Waals surface area contributed by atoms with Crippen LogP contribution in [0.15, 0.2) is 158 Å². The average Bonchev–Trinajstić information content (AvgIpc) is 3.41. The van der Waals surface area contributed by atoms with Crippen molar-refractivity contribution in [2.24, 2.45) is 5.41 Å². The van der Waals surface area contributed by atoms with E-state index in [4.69, 9.17) is 39.9 Å². The van der Waals surface area contributed by atoms with Crippen LogP contribution in [-0.4, -0.2) is 50.7 Å². The van der Waals surface area contributed by atoms with E-state index in [2.05, 4.69) is 0 Å². The number of hydrogen-bond donors (Lipinski definition) is 2. The van der Waals surface area contributed by atoms with E-state index in [0.29, 0.717) is 22.5 Å². The largest absolute Gasteiger partial charge is 0.494 e. The second kappa shape index (κ2) is 27.4. The van der Waals surface area contributed by atoms with Crippen molar-refractivity contribution in [1.82, 2.24) is 0 Å². The Kier molecular flexibility index (Phi) is 20.9. The Morgan fingerprint density at radius 2 is 0.747 bits per heavy atom. The van der Waals surface area contributed by atoms with Crippen molar-refractivity contribution in [2.75, 3.05) is 37.9 Å². The van der Waals surface area contributed by atoms with E-state index >= 15 is 17.6 Å². The summed E-state index contributed by atoms with van der Waals surface area (Å²) in [5.41, 5.74) is 13.0. The van der Waals surface area contributed by atoms with Crippen LogP contribution in [0.1, 0.15) is 71.9 Å². The van der Waals surface area contributed by atoms with Crippen LogP contribution in [0.3, 0.4) is 0 Å². The maximum absolute atomic E-state index is 15.2. The number of nitrogens with two attached hydrogens (primary N) is 2. The quantitative estimate of drug-likeness (QED) is 0.0160. The Morgan fingerprint density at radius 3 is 1.08 bits per heavy atom. The maximum Gasteiger partial charge on any atom is 0.426 e. The number of carbonyl (C=O) groups is 2. The first kappa shape index (κ1) is 60.1. The van der Waals surface area contributed by atoms with Crippen molar-refractivity contribution in [2.45, 2.75) is 75.9 Å². The summed E-state index contributed by atoms with van der Waals surface area (Å²) in [4.78, 5) is 26.7. The summed E-state index contributed by atoms with van der Waals surface area (Å²) in [6.07, 6.45) is -12.5. The van der Waals surface area contributed by atoms with Gasteiger partial charge in [-0.1, -0.05) is 48.5 Å². The van der Waals surface area contributed by atoms with Crippen molar-refractivity contribution >= 4 is 35.5 Å². The number of benzene rings is 6. The zero-order valence-electron chi connectivity index (χ0n) is 42.4. The lowest BCUT2D eigenvalue weighted by Crippen LogP contribution is -2.38. The lowest BCUT2D eigenvalue weighted by atomic mass is 9.77. The van der Waals surface area contributed by atoms with E-state index in [0.717, 1.165) is 47.5 Å². The minimum absolute atomic E-state index is 0.0143. The Labute approximate surface area is 449 Å². The Balaban J connectivity index is 1.07. The number of carbonyl (C=O) groups excluding carboxylic acids is 2. The number of nitrogen functional groups attached to an aromatic ring is 2. The molecule has 20 heteroatoms. The highest BCUT2D eigenvalue weighted by molar-refractivity contribution is 5.87. The van der Waals surface area contributed by atoms with E-state index < -0.39 is 65.9 Å². The molecule has 0 bridgehead atoms. The lowest BCUT2D eigenvalue weighted by Gasteiger charge is -2.33. The lowest BCUT2D eigenvalue weighted by molar-refractivity contribution is -0.186. The van der Waals surface area contributed by atoms with Gasteiger partial charge >= 0.3 is 36.5 Å². The molecule has 0 aromatic heterocycles. The summed E-state index contributed by atoms with van der Waals surface area (Å²) in [7, 11) is 0. The first-order valence-corrected chi connectivity index (χ1v) is 24.7. The molecular formula is C59H56F10N2O8. The van der Waals surface area contributed by atoms with E-state index in [1.165, 1.54) is 84.9 Å². The molecule has 10 nitrogen and oxygen atoms in total. The molecular weight excluding hydrogens is 1050 g/mol. The Bertz CT molecular complexity index is 2710.